The summed E-state index contributed by atoms with van der Waals surface area (Å²) in [5.41, 5.74) is -0.161. The Kier molecular flexibility index (Phi) is 1.80. The summed E-state index contributed by atoms with van der Waals surface area (Å²) in [6.07, 6.45) is -0.192. The van der Waals surface area contributed by atoms with Gasteiger partial charge >= 0.3 is 11.6 Å². The van der Waals surface area contributed by atoms with Gasteiger partial charge in [0.05, 0.1) is 12.1 Å². The number of carboxylic acids is 1. The highest BCUT2D eigenvalue weighted by Gasteiger charge is 2.06. The molecule has 0 spiro atoms. The number of aryl methyl sites for hydroxylation is 1. The van der Waals surface area contributed by atoms with E-state index in [1.807, 2.05) is 0 Å². The second-order valence-corrected chi connectivity index (χ2v) is 2.11. The molecule has 0 unspecified atom stereocenters. The molecular formula is C6H7NO4. The number of rotatable bonds is 2. The summed E-state index contributed by atoms with van der Waals surface area (Å²) in [6, 6.07) is 1.16. The number of hydrogen-bond acceptors (Lipinski definition) is 3. The Labute approximate surface area is 61.8 Å². The molecule has 0 saturated carbocycles. The van der Waals surface area contributed by atoms with Crippen molar-refractivity contribution < 1.29 is 14.4 Å². The van der Waals surface area contributed by atoms with Gasteiger partial charge in [0.1, 0.15) is 0 Å². The molecule has 0 atom stereocenters. The van der Waals surface area contributed by atoms with Crippen LogP contribution in [0.15, 0.2) is 15.4 Å². The molecular weight excluding hydrogens is 150 g/mol. The van der Waals surface area contributed by atoms with Gasteiger partial charge in [-0.1, -0.05) is 0 Å². The van der Waals surface area contributed by atoms with Gasteiger partial charge in [-0.25, -0.2) is 9.53 Å². The van der Waals surface area contributed by atoms with Gasteiger partial charge in [0.25, 0.3) is 0 Å². The fourth-order valence-corrected chi connectivity index (χ4v) is 0.764. The first kappa shape index (κ1) is 7.59. The Morgan fingerprint density at radius 1 is 1.82 bits per heavy atom. The normalized spacial score (nSPS) is 9.91. The van der Waals surface area contributed by atoms with Crippen LogP contribution in [0.4, 0.5) is 0 Å². The molecule has 0 bridgehead atoms. The first-order valence-electron chi connectivity index (χ1n) is 2.97. The Morgan fingerprint density at radius 2 is 2.45 bits per heavy atom. The van der Waals surface area contributed by atoms with Gasteiger partial charge in [-0.2, -0.15) is 0 Å². The first-order valence-corrected chi connectivity index (χ1v) is 2.97. The van der Waals surface area contributed by atoms with Gasteiger partial charge in [-0.05, 0) is 0 Å². The molecule has 0 saturated heterocycles. The lowest BCUT2D eigenvalue weighted by Gasteiger charge is -1.93. The lowest BCUT2D eigenvalue weighted by atomic mass is 10.3. The number of carbonyl (C=O) groups is 1. The minimum atomic E-state index is -0.985. The van der Waals surface area contributed by atoms with Crippen LogP contribution in [-0.2, 0) is 18.3 Å². The van der Waals surface area contributed by atoms with E-state index < -0.39 is 11.6 Å². The molecule has 0 fully saturated rings. The zero-order chi connectivity index (χ0) is 8.43. The van der Waals surface area contributed by atoms with E-state index in [-0.39, 0.29) is 6.42 Å². The molecule has 1 aromatic rings. The van der Waals surface area contributed by atoms with Gasteiger partial charge in [-0.15, -0.1) is 0 Å². The summed E-state index contributed by atoms with van der Waals surface area (Å²) in [7, 11) is 1.49. The fourth-order valence-electron chi connectivity index (χ4n) is 0.764. The number of nitrogens with zero attached hydrogens (tertiary/aromatic N) is 1. The van der Waals surface area contributed by atoms with Gasteiger partial charge < -0.3 is 9.63 Å². The number of hydrogen-bond donors (Lipinski definition) is 1. The topological polar surface area (TPSA) is 72.4 Å². The lowest BCUT2D eigenvalue weighted by Crippen LogP contribution is -2.04. The second-order valence-electron chi connectivity index (χ2n) is 2.11. The van der Waals surface area contributed by atoms with Crippen LogP contribution in [0.25, 0.3) is 0 Å². The van der Waals surface area contributed by atoms with Crippen molar-refractivity contribution in [3.05, 3.63) is 22.2 Å². The minimum absolute atomic E-state index is 0.192. The smallest absolute Gasteiger partial charge is 0.357 e. The Bertz CT molecular complexity index is 322. The monoisotopic (exact) mass is 157 g/mol. The molecule has 5 nitrogen and oxygen atoms in total. The molecule has 0 amide bonds. The SMILES string of the molecule is Cn1oc(=O)cc1CC(=O)O. The number of carboxylic acid groups (broad SMARTS) is 1. The number of aliphatic carboxylic acids is 1. The molecule has 0 radical (unpaired) electrons. The zero-order valence-corrected chi connectivity index (χ0v) is 5.90. The highest BCUT2D eigenvalue weighted by molar-refractivity contribution is 5.69. The molecule has 11 heavy (non-hydrogen) atoms. The third kappa shape index (κ3) is 1.70. The van der Waals surface area contributed by atoms with Gasteiger partial charge in [0, 0.05) is 13.1 Å². The summed E-state index contributed by atoms with van der Waals surface area (Å²) in [5, 5.41) is 8.34. The van der Waals surface area contributed by atoms with Crippen molar-refractivity contribution in [1.29, 1.82) is 0 Å². The maximum absolute atomic E-state index is 10.5. The highest BCUT2D eigenvalue weighted by Crippen LogP contribution is 1.95. The maximum Gasteiger partial charge on any atom is 0.357 e. The van der Waals surface area contributed by atoms with Crippen LogP contribution in [0, 0.1) is 0 Å². The standard InChI is InChI=1S/C6H7NO4/c1-7-4(2-5(8)9)3-6(10)11-7/h3H,2H2,1H3,(H,8,9). The van der Waals surface area contributed by atoms with E-state index in [4.69, 9.17) is 5.11 Å². The predicted molar refractivity (Wildman–Crippen MR) is 35.3 cm³/mol. The van der Waals surface area contributed by atoms with Crippen LogP contribution < -0.4 is 5.63 Å². The molecule has 0 aliphatic rings. The first-order chi connectivity index (χ1) is 5.09. The third-order valence-corrected chi connectivity index (χ3v) is 1.25. The van der Waals surface area contributed by atoms with Gasteiger partial charge in [0.2, 0.25) is 0 Å². The van der Waals surface area contributed by atoms with Crippen molar-refractivity contribution in [3.63, 3.8) is 0 Å². The van der Waals surface area contributed by atoms with Gasteiger partial charge in [-0.3, -0.25) is 4.79 Å². The van der Waals surface area contributed by atoms with E-state index in [0.29, 0.717) is 5.69 Å². The molecule has 1 aromatic heterocycles. The largest absolute Gasteiger partial charge is 0.481 e. The van der Waals surface area contributed by atoms with Crippen molar-refractivity contribution >= 4 is 5.97 Å². The van der Waals surface area contributed by atoms with E-state index in [1.54, 1.807) is 0 Å². The molecule has 0 aliphatic heterocycles. The van der Waals surface area contributed by atoms with E-state index in [2.05, 4.69) is 4.52 Å². The van der Waals surface area contributed by atoms with E-state index in [0.717, 1.165) is 10.8 Å². The molecule has 1 N–H and O–H groups in total. The summed E-state index contributed by atoms with van der Waals surface area (Å²) >= 11 is 0. The Balaban J connectivity index is 2.94. The fraction of sp³-hybridized carbons (Fsp3) is 0.333. The van der Waals surface area contributed by atoms with E-state index >= 15 is 0 Å². The maximum atomic E-state index is 10.5. The van der Waals surface area contributed by atoms with Crippen LogP contribution in [0.5, 0.6) is 0 Å². The molecule has 0 aromatic carbocycles. The van der Waals surface area contributed by atoms with E-state index in [9.17, 15) is 9.59 Å². The Morgan fingerprint density at radius 3 is 2.82 bits per heavy atom. The van der Waals surface area contributed by atoms with Crippen molar-refractivity contribution in [2.24, 2.45) is 7.05 Å². The van der Waals surface area contributed by atoms with E-state index in [1.165, 1.54) is 7.05 Å². The number of aromatic nitrogens is 1. The summed E-state index contributed by atoms with van der Waals surface area (Å²) in [5.74, 6) is -0.985. The molecule has 1 heterocycles. The van der Waals surface area contributed by atoms with Crippen molar-refractivity contribution in [3.8, 4) is 0 Å². The van der Waals surface area contributed by atoms with Gasteiger partial charge in [0.15, 0.2) is 0 Å². The quantitative estimate of drug-likeness (QED) is 0.634. The molecule has 60 valence electrons. The highest BCUT2D eigenvalue weighted by atomic mass is 16.5. The Hall–Kier alpha value is -1.52. The summed E-state index contributed by atoms with van der Waals surface area (Å²) in [4.78, 5) is 20.7. The molecule has 0 aliphatic carbocycles. The zero-order valence-electron chi connectivity index (χ0n) is 5.90. The van der Waals surface area contributed by atoms with Crippen molar-refractivity contribution in [2.45, 2.75) is 6.42 Å². The van der Waals surface area contributed by atoms with Crippen LogP contribution in [0.1, 0.15) is 5.69 Å². The van der Waals surface area contributed by atoms with Crippen LogP contribution in [0.2, 0.25) is 0 Å². The average molecular weight is 157 g/mol. The summed E-state index contributed by atoms with van der Waals surface area (Å²) in [6.45, 7) is 0. The van der Waals surface area contributed by atoms with Crippen molar-refractivity contribution in [2.75, 3.05) is 0 Å². The van der Waals surface area contributed by atoms with Crippen LogP contribution >= 0.6 is 0 Å². The van der Waals surface area contributed by atoms with Crippen LogP contribution in [0.3, 0.4) is 0 Å². The summed E-state index contributed by atoms with van der Waals surface area (Å²) < 4.78 is 5.66. The second kappa shape index (κ2) is 2.61. The third-order valence-electron chi connectivity index (χ3n) is 1.25. The predicted octanol–water partition coefficient (Wildman–Crippen LogP) is -0.395. The average Bonchev–Trinajstić information content (AvgIpc) is 2.09. The lowest BCUT2D eigenvalue weighted by molar-refractivity contribution is -0.136. The van der Waals surface area contributed by atoms with Crippen LogP contribution in [-0.4, -0.2) is 15.8 Å². The minimum Gasteiger partial charge on any atom is -0.481 e. The van der Waals surface area contributed by atoms with Crippen molar-refractivity contribution in [1.82, 2.24) is 4.74 Å². The molecule has 5 heteroatoms. The molecule has 1 rings (SSSR count).